The predicted octanol–water partition coefficient (Wildman–Crippen LogP) is 2.22. The second kappa shape index (κ2) is 5.49. The van der Waals surface area contributed by atoms with E-state index in [9.17, 15) is 9.90 Å². The van der Waals surface area contributed by atoms with Gasteiger partial charge in [0.2, 0.25) is 6.41 Å². The molecule has 2 N–H and O–H groups in total. The number of amides is 1. The molecular formula is C18H30N2O3. The van der Waals surface area contributed by atoms with Gasteiger partial charge in [-0.2, -0.15) is 0 Å². The highest BCUT2D eigenvalue weighted by molar-refractivity contribution is 5.97. The minimum atomic E-state index is -1.19. The van der Waals surface area contributed by atoms with Crippen LogP contribution >= 0.6 is 0 Å². The van der Waals surface area contributed by atoms with Gasteiger partial charge in [0.15, 0.2) is 0 Å². The summed E-state index contributed by atoms with van der Waals surface area (Å²) >= 11 is 0. The molecule has 2 aliphatic carbocycles. The minimum Gasteiger partial charge on any atom is -0.394 e. The molecule has 1 heterocycles. The van der Waals surface area contributed by atoms with Crippen molar-refractivity contribution in [2.75, 3.05) is 7.05 Å². The molecule has 3 aliphatic rings. The van der Waals surface area contributed by atoms with Gasteiger partial charge >= 0.3 is 0 Å². The number of hydrogen-bond acceptors (Lipinski definition) is 4. The van der Waals surface area contributed by atoms with Crippen molar-refractivity contribution in [3.63, 3.8) is 0 Å². The number of nitrogens with zero attached hydrogens (tertiary/aromatic N) is 1. The second-order valence-electron chi connectivity index (χ2n) is 8.54. The Bertz CT molecular complexity index is 525. The van der Waals surface area contributed by atoms with Gasteiger partial charge in [0.05, 0.1) is 5.60 Å². The predicted molar refractivity (Wildman–Crippen MR) is 88.2 cm³/mol. The molecule has 5 atom stereocenters. The molecule has 1 aliphatic heterocycles. The van der Waals surface area contributed by atoms with Gasteiger partial charge in [0.1, 0.15) is 0 Å². The molecule has 23 heavy (non-hydrogen) atoms. The first-order valence-electron chi connectivity index (χ1n) is 8.75. The van der Waals surface area contributed by atoms with Crippen LogP contribution in [0.25, 0.3) is 0 Å². The van der Waals surface area contributed by atoms with Crippen LogP contribution in [0.4, 0.5) is 0 Å². The molecule has 2 unspecified atom stereocenters. The Morgan fingerprint density at radius 3 is 2.78 bits per heavy atom. The van der Waals surface area contributed by atoms with E-state index in [1.54, 1.807) is 4.90 Å². The average molecular weight is 322 g/mol. The molecule has 5 nitrogen and oxygen atoms in total. The Hall–Kier alpha value is -1.07. The Balaban J connectivity index is 1.97. The van der Waals surface area contributed by atoms with Crippen LogP contribution in [0, 0.1) is 17.3 Å². The lowest BCUT2D eigenvalue weighted by Crippen LogP contribution is -2.52. The highest BCUT2D eigenvalue weighted by atomic mass is 16.6. The van der Waals surface area contributed by atoms with Gasteiger partial charge in [0, 0.05) is 30.8 Å². The summed E-state index contributed by atoms with van der Waals surface area (Å²) in [5, 5.41) is 13.7. The molecule has 130 valence electrons. The fraction of sp³-hybridized carbons (Fsp3) is 0.833. The Kier molecular flexibility index (Phi) is 4.00. The molecule has 5 heteroatoms. The van der Waals surface area contributed by atoms with Gasteiger partial charge in [0.25, 0.3) is 5.91 Å². The van der Waals surface area contributed by atoms with Crippen molar-refractivity contribution in [2.45, 2.75) is 71.4 Å². The third kappa shape index (κ3) is 2.58. The monoisotopic (exact) mass is 322 g/mol. The van der Waals surface area contributed by atoms with Crippen LogP contribution in [-0.4, -0.2) is 41.0 Å². The van der Waals surface area contributed by atoms with Crippen LogP contribution in [0.2, 0.25) is 0 Å². The number of aliphatic hydroxyl groups excluding tert-OH is 1. The van der Waals surface area contributed by atoms with E-state index in [1.807, 2.05) is 34.0 Å². The van der Waals surface area contributed by atoms with Crippen molar-refractivity contribution in [1.29, 1.82) is 0 Å². The molecule has 2 saturated carbocycles. The zero-order chi connectivity index (χ0) is 17.0. The van der Waals surface area contributed by atoms with Crippen molar-refractivity contribution in [3.05, 3.63) is 11.8 Å². The first-order valence-corrected chi connectivity index (χ1v) is 8.75. The summed E-state index contributed by atoms with van der Waals surface area (Å²) in [6, 6.07) is 0.0412. The molecule has 0 aromatic carbocycles. The molecule has 3 fully saturated rings. The summed E-state index contributed by atoms with van der Waals surface area (Å²) in [5.74, 6) is 0.747. The van der Waals surface area contributed by atoms with E-state index in [2.05, 4.69) is 12.2 Å². The van der Waals surface area contributed by atoms with E-state index in [1.165, 1.54) is 12.8 Å². The fourth-order valence-electron chi connectivity index (χ4n) is 5.11. The van der Waals surface area contributed by atoms with Gasteiger partial charge in [-0.25, -0.2) is 0 Å². The van der Waals surface area contributed by atoms with E-state index in [-0.39, 0.29) is 23.3 Å². The minimum absolute atomic E-state index is 0.0412. The number of carbonyl (C=O) groups is 1. The zero-order valence-corrected chi connectivity index (χ0v) is 14.9. The van der Waals surface area contributed by atoms with Crippen LogP contribution in [-0.2, 0) is 9.53 Å². The standard InChI is InChI=1S/C18H30N2O3/c1-17(2,3)23-16(22)20-14-12(13(10-19-5)15(20)21)9-11-7-6-8-18(11,14)4/h10-12,14,16,19,22H,6-9H2,1-5H3/b13-10+/t11-,12+,14-,16?,18?/m0/s1. The number of ether oxygens (including phenoxy) is 1. The van der Waals surface area contributed by atoms with Crippen molar-refractivity contribution < 1.29 is 14.6 Å². The number of rotatable bonds is 3. The average Bonchev–Trinajstić information content (AvgIpc) is 2.98. The number of nitrogens with one attached hydrogen (secondary N) is 1. The maximum absolute atomic E-state index is 12.9. The first kappa shape index (κ1) is 16.8. The molecule has 0 bridgehead atoms. The van der Waals surface area contributed by atoms with Crippen LogP contribution < -0.4 is 5.32 Å². The molecule has 1 saturated heterocycles. The summed E-state index contributed by atoms with van der Waals surface area (Å²) < 4.78 is 5.73. The SMILES string of the molecule is CN/C=C1/C(=O)N(C(O)OC(C)(C)C)[C@H]2[C@@H]1C[C@@H]1CCCC12C. The summed E-state index contributed by atoms with van der Waals surface area (Å²) in [6.45, 7) is 7.98. The molecule has 0 aromatic heterocycles. The molecule has 0 radical (unpaired) electrons. The maximum atomic E-state index is 12.9. The lowest BCUT2D eigenvalue weighted by atomic mass is 9.78. The molecule has 0 aromatic rings. The van der Waals surface area contributed by atoms with Gasteiger partial charge < -0.3 is 15.2 Å². The van der Waals surface area contributed by atoms with E-state index in [0.29, 0.717) is 5.92 Å². The van der Waals surface area contributed by atoms with Crippen molar-refractivity contribution >= 4 is 5.91 Å². The van der Waals surface area contributed by atoms with Crippen LogP contribution in [0.15, 0.2) is 11.8 Å². The topological polar surface area (TPSA) is 61.8 Å². The van der Waals surface area contributed by atoms with Crippen LogP contribution in [0.5, 0.6) is 0 Å². The van der Waals surface area contributed by atoms with Crippen molar-refractivity contribution in [3.8, 4) is 0 Å². The second-order valence-corrected chi connectivity index (χ2v) is 8.54. The lowest BCUT2D eigenvalue weighted by molar-refractivity contribution is -0.245. The van der Waals surface area contributed by atoms with Gasteiger partial charge in [-0.05, 0) is 51.4 Å². The van der Waals surface area contributed by atoms with E-state index in [4.69, 9.17) is 4.74 Å². The van der Waals surface area contributed by atoms with E-state index in [0.717, 1.165) is 18.4 Å². The number of hydrogen-bond donors (Lipinski definition) is 2. The fourth-order valence-corrected chi connectivity index (χ4v) is 5.11. The molecule has 0 spiro atoms. The summed E-state index contributed by atoms with van der Waals surface area (Å²) in [5.41, 5.74) is 0.384. The molecule has 3 rings (SSSR count). The Morgan fingerprint density at radius 1 is 1.48 bits per heavy atom. The largest absolute Gasteiger partial charge is 0.394 e. The Labute approximate surface area is 139 Å². The summed E-state index contributed by atoms with van der Waals surface area (Å²) in [7, 11) is 1.82. The van der Waals surface area contributed by atoms with Crippen LogP contribution in [0.3, 0.4) is 0 Å². The van der Waals surface area contributed by atoms with Crippen LogP contribution in [0.1, 0.15) is 53.4 Å². The maximum Gasteiger partial charge on any atom is 0.255 e. The van der Waals surface area contributed by atoms with Gasteiger partial charge in [-0.1, -0.05) is 13.3 Å². The number of carbonyl (C=O) groups excluding carboxylic acids is 1. The first-order chi connectivity index (χ1) is 10.7. The van der Waals surface area contributed by atoms with Crippen molar-refractivity contribution in [1.82, 2.24) is 10.2 Å². The third-order valence-corrected chi connectivity index (χ3v) is 5.97. The number of fused-ring (bicyclic) bond motifs is 3. The number of aliphatic hydroxyl groups is 1. The summed E-state index contributed by atoms with van der Waals surface area (Å²) in [4.78, 5) is 14.6. The molecule has 1 amide bonds. The number of likely N-dealkylation sites (tertiary alicyclic amines) is 1. The van der Waals surface area contributed by atoms with Crippen molar-refractivity contribution in [2.24, 2.45) is 17.3 Å². The normalized spacial score (nSPS) is 39.7. The Morgan fingerprint density at radius 2 is 2.17 bits per heavy atom. The third-order valence-electron chi connectivity index (χ3n) is 5.97. The zero-order valence-electron chi connectivity index (χ0n) is 14.9. The smallest absolute Gasteiger partial charge is 0.255 e. The van der Waals surface area contributed by atoms with E-state index < -0.39 is 12.0 Å². The van der Waals surface area contributed by atoms with E-state index >= 15 is 0 Å². The van der Waals surface area contributed by atoms with Gasteiger partial charge in [-0.3, -0.25) is 9.69 Å². The molecular weight excluding hydrogens is 292 g/mol. The highest BCUT2D eigenvalue weighted by Gasteiger charge is 2.63. The summed E-state index contributed by atoms with van der Waals surface area (Å²) in [6.07, 6.45) is 5.24. The quantitative estimate of drug-likeness (QED) is 0.618. The lowest BCUT2D eigenvalue weighted by Gasteiger charge is -2.40. The van der Waals surface area contributed by atoms with Gasteiger partial charge in [-0.15, -0.1) is 0 Å². The highest BCUT2D eigenvalue weighted by Crippen LogP contribution is 2.62.